The minimum absolute atomic E-state index is 0. The zero-order chi connectivity index (χ0) is 43.8. The van der Waals surface area contributed by atoms with Gasteiger partial charge in [-0.2, -0.15) is 39.5 Å². The maximum Gasteiger partial charge on any atom is 0.450 e. The second-order valence-electron chi connectivity index (χ2n) is 11.9. The largest absolute Gasteiger partial charge is 0.450 e. The Balaban J connectivity index is 0.000000274. The van der Waals surface area contributed by atoms with Crippen molar-refractivity contribution in [1.29, 1.82) is 0 Å². The third-order valence-corrected chi connectivity index (χ3v) is 7.54. The third kappa shape index (κ3) is 16.7. The molecule has 18 heteroatoms. The molecule has 0 fully saturated rings. The van der Waals surface area contributed by atoms with Crippen LogP contribution in [0.2, 0.25) is 0 Å². The van der Waals surface area contributed by atoms with Crippen molar-refractivity contribution in [2.75, 3.05) is 0 Å². The molecule has 0 saturated carbocycles. The number of carbonyl (C=O) groups excluding carboxylic acids is 6. The number of rotatable bonds is 9. The van der Waals surface area contributed by atoms with Crippen LogP contribution in [-0.4, -0.2) is 63.2 Å². The Hall–Kier alpha value is -5.33. The van der Waals surface area contributed by atoms with Crippen LogP contribution in [0.5, 0.6) is 0 Å². The van der Waals surface area contributed by atoms with Crippen LogP contribution in [0.4, 0.5) is 39.5 Å². The van der Waals surface area contributed by atoms with Crippen LogP contribution in [0.15, 0.2) is 140 Å². The zero-order valence-corrected chi connectivity index (χ0v) is 32.9. The van der Waals surface area contributed by atoms with Gasteiger partial charge in [0, 0.05) is 89.2 Å². The third-order valence-electron chi connectivity index (χ3n) is 7.54. The Morgan fingerprint density at radius 1 is 0.367 bits per heavy atom. The maximum absolute atomic E-state index is 11.8. The monoisotopic (exact) mass is 981 g/mol. The summed E-state index contributed by atoms with van der Waals surface area (Å²) in [5.74, 6) is -8.52. The predicted octanol–water partition coefficient (Wildman–Crippen LogP) is 9.96. The molecule has 0 unspecified atom stereocenters. The van der Waals surface area contributed by atoms with Gasteiger partial charge >= 0.3 is 18.5 Å². The summed E-state index contributed by atoms with van der Waals surface area (Å²) in [6.07, 6.45) is -14.6. The second-order valence-corrected chi connectivity index (χ2v) is 11.9. The molecule has 0 atom stereocenters. The number of ketones is 6. The van der Waals surface area contributed by atoms with Gasteiger partial charge < -0.3 is 0 Å². The summed E-state index contributed by atoms with van der Waals surface area (Å²) in [4.78, 5) is 73.7. The van der Waals surface area contributed by atoms with E-state index in [1.807, 2.05) is 12.1 Å². The predicted molar refractivity (Wildman–Crippen MR) is 196 cm³/mol. The van der Waals surface area contributed by atoms with Crippen molar-refractivity contribution < 1.29 is 118 Å². The first-order chi connectivity index (χ1) is 27.7. The normalized spacial score (nSPS) is 10.9. The van der Waals surface area contributed by atoms with E-state index < -0.39 is 72.5 Å². The van der Waals surface area contributed by atoms with Crippen molar-refractivity contribution in [3.63, 3.8) is 0 Å². The number of hydrogen-bond donors (Lipinski definition) is 0. The topological polar surface area (TPSA) is 128 Å². The number of Topliss-reactive ketones (excluding diaryl/α,β-unsaturated/α-hetero) is 6. The molecular formula is C42H29EuF9N2O6. The van der Waals surface area contributed by atoms with Crippen LogP contribution < -0.4 is 0 Å². The molecule has 6 aromatic rings. The number of aromatic nitrogens is 2. The van der Waals surface area contributed by atoms with Gasteiger partial charge in [0.15, 0.2) is 17.3 Å². The molecule has 8 nitrogen and oxygen atoms in total. The summed E-state index contributed by atoms with van der Waals surface area (Å²) in [6, 6.07) is 34.3. The number of halogens is 9. The Morgan fingerprint density at radius 2 is 0.617 bits per heavy atom. The van der Waals surface area contributed by atoms with Crippen molar-refractivity contribution in [3.8, 4) is 0 Å². The minimum atomic E-state index is -4.94. The zero-order valence-electron chi connectivity index (χ0n) is 30.5. The SMILES string of the molecule is O=C(CC(=O)C(F)(F)F)c1ccccc1.O=C(CC(=O)C(F)(F)F)c1ccccc1.O=C(CC(=O)C(F)(F)F)c1ccccc1.[Eu].c1cnc2c(c1)ccc1cccnc12. The van der Waals surface area contributed by atoms with Crippen LogP contribution >= 0.6 is 0 Å². The number of carbonyl (C=O) groups is 6. The summed E-state index contributed by atoms with van der Waals surface area (Å²) in [6.45, 7) is 0. The average Bonchev–Trinajstić information content (AvgIpc) is 3.21. The molecule has 0 aliphatic carbocycles. The standard InChI is InChI=1S/C12H8N2.3C10H7F3O2.Eu/c1-3-9-5-6-10-4-2-8-14-12(10)11(9)13-7-1;3*11-10(12,13)9(15)6-8(14)7-4-2-1-3-5-7;/h1-8H;3*1-5H,6H2;. The number of fused-ring (bicyclic) bond motifs is 3. The molecule has 0 saturated heterocycles. The van der Waals surface area contributed by atoms with Crippen LogP contribution in [0, 0.1) is 49.4 Å². The van der Waals surface area contributed by atoms with Crippen molar-refractivity contribution in [2.45, 2.75) is 37.8 Å². The summed E-state index contributed by atoms with van der Waals surface area (Å²) in [5.41, 5.74) is 2.27. The number of pyridine rings is 2. The van der Waals surface area contributed by atoms with Gasteiger partial charge in [0.2, 0.25) is 17.3 Å². The molecular weight excluding hydrogens is 951 g/mol. The number of nitrogens with zero attached hydrogens (tertiary/aromatic N) is 2. The number of benzene rings is 4. The van der Waals surface area contributed by atoms with Gasteiger partial charge in [-0.3, -0.25) is 38.7 Å². The van der Waals surface area contributed by atoms with Gasteiger partial charge in [-0.25, -0.2) is 0 Å². The molecule has 2 heterocycles. The van der Waals surface area contributed by atoms with E-state index in [0.29, 0.717) is 0 Å². The maximum atomic E-state index is 11.8. The van der Waals surface area contributed by atoms with Crippen LogP contribution in [-0.2, 0) is 14.4 Å². The van der Waals surface area contributed by atoms with Gasteiger partial charge in [0.25, 0.3) is 0 Å². The van der Waals surface area contributed by atoms with Gasteiger partial charge in [0.05, 0.1) is 30.3 Å². The molecule has 0 N–H and O–H groups in total. The van der Waals surface area contributed by atoms with E-state index in [1.165, 1.54) is 72.8 Å². The minimum Gasteiger partial charge on any atom is -0.294 e. The smallest absolute Gasteiger partial charge is 0.294 e. The quantitative estimate of drug-likeness (QED) is 0.0607. The first-order valence-corrected chi connectivity index (χ1v) is 16.8. The fraction of sp³-hybridized carbons (Fsp3) is 0.143. The van der Waals surface area contributed by atoms with E-state index in [9.17, 15) is 68.3 Å². The van der Waals surface area contributed by atoms with E-state index >= 15 is 0 Å². The molecule has 0 spiro atoms. The van der Waals surface area contributed by atoms with Gasteiger partial charge in [-0.15, -0.1) is 0 Å². The van der Waals surface area contributed by atoms with E-state index in [1.54, 1.807) is 30.6 Å². The number of hydrogen-bond acceptors (Lipinski definition) is 8. The van der Waals surface area contributed by atoms with Crippen LogP contribution in [0.3, 0.4) is 0 Å². The van der Waals surface area contributed by atoms with Crippen LogP contribution in [0.1, 0.15) is 50.3 Å². The molecule has 6 rings (SSSR count). The molecule has 313 valence electrons. The fourth-order valence-corrected chi connectivity index (χ4v) is 4.60. The summed E-state index contributed by atoms with van der Waals surface area (Å²) in [5, 5.41) is 2.28. The summed E-state index contributed by atoms with van der Waals surface area (Å²) in [7, 11) is 0. The van der Waals surface area contributed by atoms with Crippen molar-refractivity contribution >= 4 is 56.5 Å². The van der Waals surface area contributed by atoms with E-state index in [2.05, 4.69) is 34.2 Å². The van der Waals surface area contributed by atoms with Crippen LogP contribution in [0.25, 0.3) is 21.8 Å². The van der Waals surface area contributed by atoms with Crippen molar-refractivity contribution in [2.24, 2.45) is 0 Å². The molecule has 1 radical (unpaired) electrons. The Labute approximate surface area is 375 Å². The number of alkyl halides is 9. The van der Waals surface area contributed by atoms with Gasteiger partial charge in [-0.1, -0.05) is 115 Å². The van der Waals surface area contributed by atoms with E-state index in [-0.39, 0.29) is 66.1 Å². The molecule has 4 aromatic carbocycles. The molecule has 0 bridgehead atoms. The van der Waals surface area contributed by atoms with Crippen molar-refractivity contribution in [3.05, 3.63) is 156 Å². The first kappa shape index (κ1) is 50.8. The summed E-state index contributed by atoms with van der Waals surface area (Å²) >= 11 is 0. The molecule has 0 amide bonds. The van der Waals surface area contributed by atoms with Gasteiger partial charge in [0.1, 0.15) is 0 Å². The first-order valence-electron chi connectivity index (χ1n) is 16.8. The Morgan fingerprint density at radius 3 is 0.850 bits per heavy atom. The summed E-state index contributed by atoms with van der Waals surface area (Å²) < 4.78 is 106. The fourth-order valence-electron chi connectivity index (χ4n) is 4.60. The Bertz CT molecular complexity index is 2160. The Kier molecular flexibility index (Phi) is 19.9. The molecule has 60 heavy (non-hydrogen) atoms. The van der Waals surface area contributed by atoms with Crippen molar-refractivity contribution in [1.82, 2.24) is 9.97 Å². The van der Waals surface area contributed by atoms with E-state index in [4.69, 9.17) is 0 Å². The van der Waals surface area contributed by atoms with E-state index in [0.717, 1.165) is 21.8 Å². The average molecular weight is 981 g/mol. The molecule has 0 aliphatic rings. The van der Waals surface area contributed by atoms with Gasteiger partial charge in [-0.05, 0) is 12.1 Å². The molecule has 0 aliphatic heterocycles. The molecule has 2 aromatic heterocycles. The second kappa shape index (κ2) is 23.5.